The molecule has 0 bridgehead atoms. The van der Waals surface area contributed by atoms with Crippen LogP contribution in [-0.2, 0) is 19.4 Å². The van der Waals surface area contributed by atoms with Crippen LogP contribution >= 0.6 is 22.9 Å². The fourth-order valence-corrected chi connectivity index (χ4v) is 5.72. The molecule has 9 heteroatoms. The largest absolute Gasteiger partial charge is 1.00 e. The second-order valence-electron chi connectivity index (χ2n) is 7.78. The van der Waals surface area contributed by atoms with Crippen LogP contribution in [0.5, 0.6) is 23.0 Å². The number of nitrogens with zero attached hydrogens (tertiary/aromatic N) is 2. The minimum Gasteiger partial charge on any atom is -1.00 e. The second-order valence-corrected chi connectivity index (χ2v) is 9.48. The fourth-order valence-electron chi connectivity index (χ4n) is 4.73. The van der Waals surface area contributed by atoms with Crippen molar-refractivity contribution in [3.05, 3.63) is 57.1 Å². The molecule has 33 heavy (non-hydrogen) atoms. The van der Waals surface area contributed by atoms with E-state index in [1.807, 2.05) is 12.3 Å². The molecule has 4 aromatic rings. The Kier molecular flexibility index (Phi) is 5.84. The number of halogens is 2. The van der Waals surface area contributed by atoms with Crippen LogP contribution in [0.3, 0.4) is 0 Å². The first-order chi connectivity index (χ1) is 15.7. The maximum atomic E-state index is 6.16. The molecule has 2 aliphatic heterocycles. The van der Waals surface area contributed by atoms with E-state index >= 15 is 0 Å². The quantitative estimate of drug-likeness (QED) is 0.365. The van der Waals surface area contributed by atoms with Crippen molar-refractivity contribution in [2.75, 3.05) is 21.0 Å². The molecular formula is C24H20BrClN2O4S. The first-order valence-electron chi connectivity index (χ1n) is 10.3. The van der Waals surface area contributed by atoms with E-state index in [1.165, 1.54) is 33.7 Å². The van der Waals surface area contributed by atoms with Gasteiger partial charge < -0.3 is 35.9 Å². The Balaban J connectivity index is 0.00000228. The summed E-state index contributed by atoms with van der Waals surface area (Å²) in [6, 6.07) is 8.30. The third-order valence-electron chi connectivity index (χ3n) is 6.12. The topological polar surface area (TPSA) is 53.7 Å². The van der Waals surface area contributed by atoms with Crippen LogP contribution < -0.4 is 40.5 Å². The monoisotopic (exact) mass is 546 g/mol. The molecule has 2 aliphatic rings. The van der Waals surface area contributed by atoms with E-state index in [9.17, 15) is 0 Å². The van der Waals surface area contributed by atoms with E-state index in [0.29, 0.717) is 16.6 Å². The van der Waals surface area contributed by atoms with Crippen molar-refractivity contribution in [3.63, 3.8) is 0 Å². The molecule has 0 saturated heterocycles. The van der Waals surface area contributed by atoms with Crippen molar-refractivity contribution in [1.82, 2.24) is 4.98 Å². The summed E-state index contributed by atoms with van der Waals surface area (Å²) in [6.45, 7) is 1.12. The third-order valence-corrected chi connectivity index (χ3v) is 7.23. The predicted octanol–water partition coefficient (Wildman–Crippen LogP) is 1.80. The number of hydrogen-bond acceptors (Lipinski definition) is 6. The van der Waals surface area contributed by atoms with Gasteiger partial charge in [-0.25, -0.2) is 4.98 Å². The third kappa shape index (κ3) is 3.61. The molecule has 6 rings (SSSR count). The molecule has 0 atom stereocenters. The molecular weight excluding hydrogens is 528 g/mol. The van der Waals surface area contributed by atoms with Crippen molar-refractivity contribution in [2.45, 2.75) is 19.4 Å². The molecule has 2 aromatic heterocycles. The smallest absolute Gasteiger partial charge is 0.231 e. The molecule has 2 aromatic carbocycles. The summed E-state index contributed by atoms with van der Waals surface area (Å²) in [5.41, 5.74) is 4.80. The van der Waals surface area contributed by atoms with E-state index in [2.05, 4.69) is 33.9 Å². The lowest BCUT2D eigenvalue weighted by Crippen LogP contribution is -3.00. The Morgan fingerprint density at radius 3 is 2.67 bits per heavy atom. The van der Waals surface area contributed by atoms with Crippen molar-refractivity contribution in [2.24, 2.45) is 0 Å². The highest BCUT2D eigenvalue weighted by Gasteiger charge is 2.32. The highest BCUT2D eigenvalue weighted by molar-refractivity contribution is 7.15. The number of pyridine rings is 1. The van der Waals surface area contributed by atoms with Gasteiger partial charge in [-0.15, -0.1) is 11.3 Å². The minimum atomic E-state index is 0. The molecule has 0 unspecified atom stereocenters. The van der Waals surface area contributed by atoms with Gasteiger partial charge in [0.2, 0.25) is 12.5 Å². The summed E-state index contributed by atoms with van der Waals surface area (Å²) in [5.74, 6) is 3.06. The maximum Gasteiger partial charge on any atom is 0.231 e. The number of aryl methyl sites for hydroxylation is 2. The summed E-state index contributed by atoms with van der Waals surface area (Å²) >= 11 is 7.66. The Bertz CT molecular complexity index is 1390. The van der Waals surface area contributed by atoms with Crippen LogP contribution in [0.2, 0.25) is 4.47 Å². The van der Waals surface area contributed by atoms with Gasteiger partial charge in [-0.3, -0.25) is 0 Å². The van der Waals surface area contributed by atoms with Crippen molar-refractivity contribution >= 4 is 33.7 Å². The van der Waals surface area contributed by atoms with E-state index in [-0.39, 0.29) is 23.8 Å². The van der Waals surface area contributed by atoms with Crippen LogP contribution in [0.4, 0.5) is 0 Å². The number of benzene rings is 2. The normalized spacial score (nSPS) is 13.3. The lowest BCUT2D eigenvalue weighted by Gasteiger charge is -2.20. The van der Waals surface area contributed by atoms with Gasteiger partial charge in [0.15, 0.2) is 40.2 Å². The highest BCUT2D eigenvalue weighted by atomic mass is 79.9. The van der Waals surface area contributed by atoms with Gasteiger partial charge in [0, 0.05) is 34.9 Å². The van der Waals surface area contributed by atoms with Crippen molar-refractivity contribution in [3.8, 4) is 34.3 Å². The Labute approximate surface area is 210 Å². The van der Waals surface area contributed by atoms with Gasteiger partial charge in [-0.05, 0) is 29.8 Å². The van der Waals surface area contributed by atoms with Gasteiger partial charge in [-0.2, -0.15) is 4.57 Å². The van der Waals surface area contributed by atoms with Crippen LogP contribution in [-0.4, -0.2) is 26.0 Å². The number of ether oxygens (including phenoxy) is 4. The van der Waals surface area contributed by atoms with E-state index in [4.69, 9.17) is 30.5 Å². The molecule has 6 nitrogen and oxygen atoms in total. The summed E-state index contributed by atoms with van der Waals surface area (Å²) in [6.07, 6.45) is 5.64. The van der Waals surface area contributed by atoms with E-state index < -0.39 is 0 Å². The van der Waals surface area contributed by atoms with Crippen LogP contribution in [0, 0.1) is 0 Å². The van der Waals surface area contributed by atoms with Gasteiger partial charge in [0.05, 0.1) is 25.2 Å². The Morgan fingerprint density at radius 2 is 1.94 bits per heavy atom. The molecule has 170 valence electrons. The summed E-state index contributed by atoms with van der Waals surface area (Å²) in [4.78, 5) is 5.36. The number of hydrogen-bond donors (Lipinski definition) is 0. The molecule has 0 aliphatic carbocycles. The first kappa shape index (κ1) is 22.3. The molecule has 0 radical (unpaired) electrons. The van der Waals surface area contributed by atoms with Crippen molar-refractivity contribution in [1.29, 1.82) is 0 Å². The first-order valence-corrected chi connectivity index (χ1v) is 11.5. The molecule has 0 N–H and O–H groups in total. The molecule has 0 saturated carbocycles. The highest BCUT2D eigenvalue weighted by Crippen LogP contribution is 2.44. The zero-order valence-corrected chi connectivity index (χ0v) is 21.1. The number of thiazole rings is 1. The van der Waals surface area contributed by atoms with Crippen molar-refractivity contribution < 1.29 is 40.5 Å². The zero-order chi connectivity index (χ0) is 21.8. The number of methoxy groups -OCH3 is 2. The summed E-state index contributed by atoms with van der Waals surface area (Å²) < 4.78 is 25.5. The predicted molar refractivity (Wildman–Crippen MR) is 122 cm³/mol. The number of fused-ring (bicyclic) bond motifs is 5. The standard InChI is InChI=1S/C24H20ClN2O4S.BrH/c1-28-19-4-3-15-17(8-14-10-26-24(25)32-14)22-16-9-21-20(30-12-31-21)7-13(16)5-6-27(22)11-18(15)23(19)29-2;/h3-4,7,9-11H,5-6,8,12H2,1-2H3;1H/q+1;/p-1. The number of rotatable bonds is 4. The molecule has 0 amide bonds. The van der Waals surface area contributed by atoms with Crippen LogP contribution in [0.25, 0.3) is 22.0 Å². The van der Waals surface area contributed by atoms with Crippen LogP contribution in [0.1, 0.15) is 16.0 Å². The lowest BCUT2D eigenvalue weighted by molar-refractivity contribution is -0.686. The van der Waals surface area contributed by atoms with E-state index in [1.54, 1.807) is 14.2 Å². The van der Waals surface area contributed by atoms with Gasteiger partial charge in [0.1, 0.15) is 0 Å². The van der Waals surface area contributed by atoms with Gasteiger partial charge in [0.25, 0.3) is 0 Å². The second kappa shape index (κ2) is 8.66. The van der Waals surface area contributed by atoms with E-state index in [0.717, 1.165) is 45.9 Å². The average Bonchev–Trinajstić information content (AvgIpc) is 3.44. The number of aromatic nitrogens is 2. The average molecular weight is 548 g/mol. The van der Waals surface area contributed by atoms with Crippen LogP contribution in [0.15, 0.2) is 36.7 Å². The molecule has 0 spiro atoms. The van der Waals surface area contributed by atoms with Gasteiger partial charge in [-0.1, -0.05) is 11.6 Å². The molecule has 4 heterocycles. The summed E-state index contributed by atoms with van der Waals surface area (Å²) in [7, 11) is 3.34. The maximum absolute atomic E-state index is 6.16. The van der Waals surface area contributed by atoms with Gasteiger partial charge >= 0.3 is 0 Å². The Hall–Kier alpha value is -2.55. The zero-order valence-electron chi connectivity index (χ0n) is 18.0. The minimum absolute atomic E-state index is 0. The SMILES string of the molecule is COc1ccc2c(Cc3cnc(Cl)s3)c3[n+](cc2c1OC)CCc1cc2c(cc1-3)OCO2.[Br-]. The summed E-state index contributed by atoms with van der Waals surface area (Å²) in [5, 5.41) is 2.13. The Morgan fingerprint density at radius 1 is 1.12 bits per heavy atom. The lowest BCUT2D eigenvalue weighted by atomic mass is 9.90. The fraction of sp³-hybridized carbons (Fsp3) is 0.250. The molecule has 0 fully saturated rings.